The Morgan fingerprint density at radius 2 is 1.66 bits per heavy atom. The maximum Gasteiger partial charge on any atom is 0.258 e. The molecule has 0 saturated carbocycles. The molecular formula is C47H50N6O8. The van der Waals surface area contributed by atoms with Crippen molar-refractivity contribution in [2.24, 2.45) is 0 Å². The van der Waals surface area contributed by atoms with Crippen LogP contribution in [0.15, 0.2) is 91.0 Å². The monoisotopic (exact) mass is 826 g/mol. The molecule has 14 heteroatoms. The van der Waals surface area contributed by atoms with E-state index in [0.29, 0.717) is 104 Å². The van der Waals surface area contributed by atoms with Crippen molar-refractivity contribution in [3.8, 4) is 11.8 Å². The van der Waals surface area contributed by atoms with Crippen LogP contribution >= 0.6 is 0 Å². The van der Waals surface area contributed by atoms with Gasteiger partial charge in [0.2, 0.25) is 18.2 Å². The highest BCUT2D eigenvalue weighted by Crippen LogP contribution is 2.38. The molecule has 0 spiro atoms. The van der Waals surface area contributed by atoms with Crippen LogP contribution in [0.25, 0.3) is 11.3 Å². The minimum absolute atomic E-state index is 0.0893. The van der Waals surface area contributed by atoms with E-state index in [4.69, 9.17) is 9.47 Å². The Morgan fingerprint density at radius 1 is 0.885 bits per heavy atom. The number of anilines is 3. The normalized spacial score (nSPS) is 12.9. The van der Waals surface area contributed by atoms with E-state index in [0.717, 1.165) is 22.4 Å². The van der Waals surface area contributed by atoms with Crippen molar-refractivity contribution >= 4 is 65.0 Å². The molecule has 1 heterocycles. The summed E-state index contributed by atoms with van der Waals surface area (Å²) >= 11 is 0. The van der Waals surface area contributed by atoms with Crippen molar-refractivity contribution in [2.45, 2.75) is 45.3 Å². The van der Waals surface area contributed by atoms with Gasteiger partial charge in [0.05, 0.1) is 55.8 Å². The average molecular weight is 827 g/mol. The summed E-state index contributed by atoms with van der Waals surface area (Å²) < 4.78 is 11.3. The largest absolute Gasteiger partial charge is 0.379 e. The third-order valence-corrected chi connectivity index (χ3v) is 9.79. The molecule has 0 radical (unpaired) electrons. The van der Waals surface area contributed by atoms with Gasteiger partial charge in [-0.05, 0) is 60.8 Å². The van der Waals surface area contributed by atoms with Gasteiger partial charge >= 0.3 is 0 Å². The molecule has 4 aromatic carbocycles. The first-order chi connectivity index (χ1) is 29.8. The third kappa shape index (κ3) is 13.1. The molecule has 1 aliphatic heterocycles. The zero-order chi connectivity index (χ0) is 43.4. The molecule has 5 N–H and O–H groups in total. The minimum Gasteiger partial charge on any atom is -0.379 e. The lowest BCUT2D eigenvalue weighted by molar-refractivity contribution is -0.129. The van der Waals surface area contributed by atoms with Crippen molar-refractivity contribution in [1.82, 2.24) is 15.5 Å². The van der Waals surface area contributed by atoms with E-state index in [1.165, 1.54) is 0 Å². The van der Waals surface area contributed by atoms with Gasteiger partial charge in [0, 0.05) is 53.3 Å². The Labute approximate surface area is 355 Å². The van der Waals surface area contributed by atoms with Gasteiger partial charge in [0.15, 0.2) is 6.29 Å². The van der Waals surface area contributed by atoms with Crippen molar-refractivity contribution in [3.05, 3.63) is 124 Å². The Hall–Kier alpha value is -6.76. The second kappa shape index (κ2) is 23.7. The van der Waals surface area contributed by atoms with E-state index in [9.17, 15) is 28.8 Å². The van der Waals surface area contributed by atoms with Crippen LogP contribution in [0.2, 0.25) is 0 Å². The number of nitrogens with zero attached hydrogens (tertiary/aromatic N) is 1. The Morgan fingerprint density at radius 3 is 2.38 bits per heavy atom. The lowest BCUT2D eigenvalue weighted by Gasteiger charge is -2.27. The summed E-state index contributed by atoms with van der Waals surface area (Å²) in [5, 5.41) is 14.8. The van der Waals surface area contributed by atoms with Crippen LogP contribution < -0.4 is 26.6 Å². The Kier molecular flexibility index (Phi) is 17.6. The molecule has 0 aromatic heterocycles. The van der Waals surface area contributed by atoms with Crippen LogP contribution in [0, 0.1) is 11.8 Å². The van der Waals surface area contributed by atoms with Crippen LogP contribution in [-0.4, -0.2) is 87.7 Å². The summed E-state index contributed by atoms with van der Waals surface area (Å²) in [6.07, 6.45) is 2.91. The van der Waals surface area contributed by atoms with Crippen LogP contribution in [-0.2, 0) is 46.5 Å². The van der Waals surface area contributed by atoms with Crippen molar-refractivity contribution in [2.75, 3.05) is 56.0 Å². The summed E-state index contributed by atoms with van der Waals surface area (Å²) in [5.74, 6) is 4.22. The molecule has 0 aliphatic carbocycles. The molecule has 0 bridgehead atoms. The summed E-state index contributed by atoms with van der Waals surface area (Å²) in [6, 6.07) is 27.4. The van der Waals surface area contributed by atoms with Gasteiger partial charge in [-0.3, -0.25) is 39.0 Å². The van der Waals surface area contributed by atoms with E-state index >= 15 is 0 Å². The number of imide groups is 1. The van der Waals surface area contributed by atoms with E-state index < -0.39 is 11.9 Å². The van der Waals surface area contributed by atoms with Crippen molar-refractivity contribution in [1.29, 1.82) is 0 Å². The number of fused-ring (bicyclic) bond motifs is 1. The molecule has 1 aliphatic rings. The van der Waals surface area contributed by atoms with Gasteiger partial charge < -0.3 is 30.7 Å². The highest BCUT2D eigenvalue weighted by molar-refractivity contribution is 6.37. The number of aldehydes is 2. The smallest absolute Gasteiger partial charge is 0.258 e. The fourth-order valence-electron chi connectivity index (χ4n) is 6.77. The minimum atomic E-state index is -0.589. The summed E-state index contributed by atoms with van der Waals surface area (Å²) in [6.45, 7) is 4.68. The predicted molar refractivity (Wildman–Crippen MR) is 234 cm³/mol. The summed E-state index contributed by atoms with van der Waals surface area (Å²) in [5.41, 5.74) is 7.32. The molecule has 0 saturated heterocycles. The number of likely N-dealkylation sites (N-methyl/N-ethyl adjacent to an activating group) is 1. The topological polar surface area (TPSA) is 184 Å². The molecular weight excluding hydrogens is 777 g/mol. The molecule has 1 atom stereocenters. The fourth-order valence-corrected chi connectivity index (χ4v) is 6.77. The number of nitrogens with one attached hydrogen (secondary N) is 5. The van der Waals surface area contributed by atoms with Gasteiger partial charge in [-0.2, -0.15) is 0 Å². The lowest BCUT2D eigenvalue weighted by atomic mass is 9.99. The maximum atomic E-state index is 13.3. The number of rotatable bonds is 23. The lowest BCUT2D eigenvalue weighted by Crippen LogP contribution is -2.44. The zero-order valence-corrected chi connectivity index (χ0v) is 34.3. The second-order valence-electron chi connectivity index (χ2n) is 14.1. The number of benzene rings is 4. The van der Waals surface area contributed by atoms with Gasteiger partial charge in [0.1, 0.15) is 6.29 Å². The molecule has 5 rings (SSSR count). The van der Waals surface area contributed by atoms with E-state index in [1.54, 1.807) is 42.3 Å². The maximum absolute atomic E-state index is 13.3. The molecule has 4 aromatic rings. The molecule has 316 valence electrons. The molecule has 14 nitrogen and oxygen atoms in total. The van der Waals surface area contributed by atoms with E-state index in [1.807, 2.05) is 67.6 Å². The first kappa shape index (κ1) is 45.3. The first-order valence-electron chi connectivity index (χ1n) is 20.0. The highest BCUT2D eigenvalue weighted by Gasteiger charge is 2.29. The van der Waals surface area contributed by atoms with Gasteiger partial charge in [-0.1, -0.05) is 79.9 Å². The van der Waals surface area contributed by atoms with Crippen LogP contribution in [0.5, 0.6) is 0 Å². The highest BCUT2D eigenvalue weighted by atomic mass is 16.5. The van der Waals surface area contributed by atoms with Gasteiger partial charge in [-0.25, -0.2) is 0 Å². The second-order valence-corrected chi connectivity index (χ2v) is 14.1. The standard InChI is InChI=1S/C47H50N6O8/c1-3-9-42(46(58)49-32-56)53(2)30-39-36(31-55)13-7-14-40(39)51-43(57)21-24-60-26-27-61-25-22-48-29-34-15-18-37(19-16-34)50-45(35-11-5-4-6-12-35)44-38-20-17-33(10-8-23-54)28-41(38)52-47(44)59/h4-7,11-20,23,28,31-32,42,48,50H,3,9,21-22,24-27,29-30H2,1-2H3,(H,51,57)(H,52,59)(H,49,56,58)/b45-44-. The van der Waals surface area contributed by atoms with Crippen LogP contribution in [0.4, 0.5) is 17.1 Å². The number of hydrogen-bond acceptors (Lipinski definition) is 11. The van der Waals surface area contributed by atoms with Crippen LogP contribution in [0.3, 0.4) is 0 Å². The average Bonchev–Trinajstić information content (AvgIpc) is 3.60. The number of hydrogen-bond donors (Lipinski definition) is 5. The van der Waals surface area contributed by atoms with Gasteiger partial charge in [0.25, 0.3) is 5.91 Å². The first-order valence-corrected chi connectivity index (χ1v) is 20.0. The number of amides is 4. The third-order valence-electron chi connectivity index (χ3n) is 9.79. The van der Waals surface area contributed by atoms with E-state index in [-0.39, 0.29) is 31.4 Å². The van der Waals surface area contributed by atoms with E-state index in [2.05, 4.69) is 38.4 Å². The Bertz CT molecular complexity index is 2270. The van der Waals surface area contributed by atoms with Crippen molar-refractivity contribution < 1.29 is 38.2 Å². The fraction of sp³-hybridized carbons (Fsp3) is 0.277. The Balaban J connectivity index is 1.03. The molecule has 0 fully saturated rings. The summed E-state index contributed by atoms with van der Waals surface area (Å²) in [4.78, 5) is 73.8. The van der Waals surface area contributed by atoms with Gasteiger partial charge in [-0.15, -0.1) is 0 Å². The number of carbonyl (C=O) groups excluding carboxylic acids is 6. The molecule has 1 unspecified atom stereocenters. The number of carbonyl (C=O) groups is 6. The molecule has 4 amide bonds. The van der Waals surface area contributed by atoms with Crippen molar-refractivity contribution in [3.63, 3.8) is 0 Å². The molecule has 61 heavy (non-hydrogen) atoms. The predicted octanol–water partition coefficient (Wildman–Crippen LogP) is 5.01. The van der Waals surface area contributed by atoms with Crippen LogP contribution in [0.1, 0.15) is 64.4 Å². The number of ether oxygens (including phenoxy) is 2. The summed E-state index contributed by atoms with van der Waals surface area (Å²) in [7, 11) is 1.73. The zero-order valence-electron chi connectivity index (χ0n) is 34.3. The quantitative estimate of drug-likeness (QED) is 0.0294. The SMILES string of the molecule is CCCC(C(=O)NC=O)N(C)Cc1c(C=O)cccc1NC(=O)CCOCCOCCNCc1ccc(N/C(=C2\C(=O)Nc3cc(C#CC=O)ccc32)c2ccccc2)cc1.